The monoisotopic (exact) mass is 288 g/mol. The molecule has 0 aliphatic heterocycles. The number of amides is 1. The predicted octanol–water partition coefficient (Wildman–Crippen LogP) is 3.22. The molecular weight excluding hydrogens is 281 g/mol. The fraction of sp³-hybridized carbons (Fsp3) is 0. The second kappa shape index (κ2) is 4.61. The van der Waals surface area contributed by atoms with Crippen molar-refractivity contribution in [2.75, 3.05) is 0 Å². The number of hydrogen-bond donors (Lipinski definition) is 1. The SMILES string of the molecule is NC(=O)n1c(-c2c(F)cccc2Cl)nc2c[c]ccc21. The van der Waals surface area contributed by atoms with Gasteiger partial charge in [0.15, 0.2) is 5.82 Å². The Balaban J connectivity index is 2.42. The number of primary amides is 1. The summed E-state index contributed by atoms with van der Waals surface area (Å²) in [4.78, 5) is 15.9. The van der Waals surface area contributed by atoms with Gasteiger partial charge in [-0.25, -0.2) is 18.7 Å². The molecular formula is C14H8ClFN3O. The van der Waals surface area contributed by atoms with E-state index in [0.717, 1.165) is 4.57 Å². The molecule has 0 aliphatic carbocycles. The van der Waals surface area contributed by atoms with Gasteiger partial charge in [-0.3, -0.25) is 0 Å². The second-order valence-electron chi connectivity index (χ2n) is 4.12. The molecule has 0 saturated carbocycles. The molecule has 99 valence electrons. The van der Waals surface area contributed by atoms with Gasteiger partial charge in [0.2, 0.25) is 0 Å². The van der Waals surface area contributed by atoms with E-state index in [1.807, 2.05) is 0 Å². The van der Waals surface area contributed by atoms with E-state index in [-0.39, 0.29) is 16.4 Å². The lowest BCUT2D eigenvalue weighted by molar-refractivity contribution is 0.251. The summed E-state index contributed by atoms with van der Waals surface area (Å²) in [6.45, 7) is 0. The topological polar surface area (TPSA) is 60.9 Å². The lowest BCUT2D eigenvalue weighted by Gasteiger charge is -2.07. The zero-order chi connectivity index (χ0) is 14.3. The van der Waals surface area contributed by atoms with Crippen LogP contribution in [0.15, 0.2) is 36.4 Å². The molecule has 2 aromatic carbocycles. The molecule has 3 rings (SSSR count). The first kappa shape index (κ1) is 12.6. The van der Waals surface area contributed by atoms with Crippen molar-refractivity contribution in [1.29, 1.82) is 0 Å². The fourth-order valence-electron chi connectivity index (χ4n) is 2.07. The number of nitrogens with two attached hydrogens (primary N) is 1. The Hall–Kier alpha value is -2.40. The number of carbonyl (C=O) groups excluding carboxylic acids is 1. The summed E-state index contributed by atoms with van der Waals surface area (Å²) in [5.74, 6) is -0.491. The normalized spacial score (nSPS) is 10.9. The highest BCUT2D eigenvalue weighted by molar-refractivity contribution is 6.33. The van der Waals surface area contributed by atoms with Crippen LogP contribution in [0, 0.1) is 11.9 Å². The molecule has 0 spiro atoms. The standard InChI is InChI=1S/C14H8ClFN3O/c15-8-4-3-5-9(16)12(8)13-18-10-6-1-2-7-11(10)19(13)14(17)20/h2-7H,(H2,17,20). The molecule has 1 aromatic heterocycles. The highest BCUT2D eigenvalue weighted by Crippen LogP contribution is 2.32. The van der Waals surface area contributed by atoms with Gasteiger partial charge in [-0.2, -0.15) is 0 Å². The van der Waals surface area contributed by atoms with Gasteiger partial charge < -0.3 is 5.73 Å². The van der Waals surface area contributed by atoms with Crippen molar-refractivity contribution < 1.29 is 9.18 Å². The number of rotatable bonds is 1. The van der Waals surface area contributed by atoms with Crippen LogP contribution in [0.4, 0.5) is 9.18 Å². The first-order valence-corrected chi connectivity index (χ1v) is 6.10. The van der Waals surface area contributed by atoms with E-state index < -0.39 is 11.8 Å². The first-order chi connectivity index (χ1) is 9.59. The lowest BCUT2D eigenvalue weighted by atomic mass is 10.2. The molecule has 6 heteroatoms. The van der Waals surface area contributed by atoms with E-state index in [2.05, 4.69) is 11.1 Å². The highest BCUT2D eigenvalue weighted by Gasteiger charge is 2.20. The van der Waals surface area contributed by atoms with Crippen molar-refractivity contribution >= 4 is 28.7 Å². The maximum Gasteiger partial charge on any atom is 0.325 e. The van der Waals surface area contributed by atoms with Gasteiger partial charge in [0, 0.05) is 0 Å². The van der Waals surface area contributed by atoms with Crippen molar-refractivity contribution in [3.63, 3.8) is 0 Å². The number of imidazole rings is 1. The number of halogens is 2. The summed E-state index contributed by atoms with van der Waals surface area (Å²) in [7, 11) is 0. The number of aromatic nitrogens is 2. The van der Waals surface area contributed by atoms with Crippen molar-refractivity contribution in [3.8, 4) is 11.4 Å². The van der Waals surface area contributed by atoms with Gasteiger partial charge in [-0.1, -0.05) is 23.7 Å². The number of nitrogens with zero attached hydrogens (tertiary/aromatic N) is 2. The van der Waals surface area contributed by atoms with Crippen molar-refractivity contribution in [2.45, 2.75) is 0 Å². The molecule has 3 aromatic rings. The third-order valence-electron chi connectivity index (χ3n) is 2.91. The molecule has 20 heavy (non-hydrogen) atoms. The minimum absolute atomic E-state index is 0.0455. The Morgan fingerprint density at radius 2 is 2.20 bits per heavy atom. The van der Waals surface area contributed by atoms with Crippen LogP contribution >= 0.6 is 11.6 Å². The first-order valence-electron chi connectivity index (χ1n) is 5.72. The minimum Gasteiger partial charge on any atom is -0.351 e. The van der Waals surface area contributed by atoms with E-state index in [1.165, 1.54) is 18.2 Å². The highest BCUT2D eigenvalue weighted by atomic mass is 35.5. The third-order valence-corrected chi connectivity index (χ3v) is 3.22. The Kier molecular flexibility index (Phi) is 2.91. The minimum atomic E-state index is -0.756. The number of carbonyl (C=O) groups is 1. The quantitative estimate of drug-likeness (QED) is 0.747. The molecule has 0 saturated heterocycles. The van der Waals surface area contributed by atoms with E-state index in [9.17, 15) is 9.18 Å². The summed E-state index contributed by atoms with van der Waals surface area (Å²) < 4.78 is 15.1. The average Bonchev–Trinajstić information content (AvgIpc) is 2.77. The average molecular weight is 289 g/mol. The van der Waals surface area contributed by atoms with Crippen LogP contribution in [0.25, 0.3) is 22.4 Å². The van der Waals surface area contributed by atoms with Crippen LogP contribution < -0.4 is 5.73 Å². The van der Waals surface area contributed by atoms with E-state index in [1.54, 1.807) is 18.2 Å². The van der Waals surface area contributed by atoms with Crippen molar-refractivity contribution in [3.05, 3.63) is 53.3 Å². The maximum absolute atomic E-state index is 14.0. The smallest absolute Gasteiger partial charge is 0.325 e. The van der Waals surface area contributed by atoms with E-state index >= 15 is 0 Å². The Morgan fingerprint density at radius 1 is 1.40 bits per heavy atom. The summed E-state index contributed by atoms with van der Waals surface area (Å²) >= 11 is 6.02. The van der Waals surface area contributed by atoms with Gasteiger partial charge >= 0.3 is 6.03 Å². The Bertz CT molecular complexity index is 808. The molecule has 0 aliphatic rings. The molecule has 1 amide bonds. The molecule has 0 atom stereocenters. The molecule has 2 N–H and O–H groups in total. The van der Waals surface area contributed by atoms with Crippen LogP contribution in [0.5, 0.6) is 0 Å². The third kappa shape index (κ3) is 1.83. The zero-order valence-electron chi connectivity index (χ0n) is 10.1. The van der Waals surface area contributed by atoms with Crippen LogP contribution in [-0.2, 0) is 0 Å². The van der Waals surface area contributed by atoms with Gasteiger partial charge in [-0.15, -0.1) is 0 Å². The number of hydrogen-bond acceptors (Lipinski definition) is 2. The Labute approximate surface area is 118 Å². The van der Waals surface area contributed by atoms with Crippen molar-refractivity contribution in [1.82, 2.24) is 9.55 Å². The van der Waals surface area contributed by atoms with Gasteiger partial charge in [0.25, 0.3) is 0 Å². The molecule has 1 radical (unpaired) electrons. The van der Waals surface area contributed by atoms with E-state index in [4.69, 9.17) is 17.3 Å². The van der Waals surface area contributed by atoms with Crippen LogP contribution in [-0.4, -0.2) is 15.6 Å². The second-order valence-corrected chi connectivity index (χ2v) is 4.53. The van der Waals surface area contributed by atoms with Crippen LogP contribution in [0.1, 0.15) is 0 Å². The van der Waals surface area contributed by atoms with Gasteiger partial charge in [0.05, 0.1) is 21.6 Å². The molecule has 0 unspecified atom stereocenters. The summed E-state index contributed by atoms with van der Waals surface area (Å²) in [5.41, 5.74) is 6.38. The summed E-state index contributed by atoms with van der Waals surface area (Å²) in [5, 5.41) is 0.159. The van der Waals surface area contributed by atoms with Crippen LogP contribution in [0.3, 0.4) is 0 Å². The summed E-state index contributed by atoms with van der Waals surface area (Å²) in [6.07, 6.45) is 0. The largest absolute Gasteiger partial charge is 0.351 e. The van der Waals surface area contributed by atoms with Gasteiger partial charge in [-0.05, 0) is 30.3 Å². The number of fused-ring (bicyclic) bond motifs is 1. The fourth-order valence-corrected chi connectivity index (χ4v) is 2.32. The molecule has 1 heterocycles. The molecule has 0 bridgehead atoms. The zero-order valence-corrected chi connectivity index (χ0v) is 10.9. The van der Waals surface area contributed by atoms with E-state index in [0.29, 0.717) is 11.0 Å². The lowest BCUT2D eigenvalue weighted by Crippen LogP contribution is -2.20. The van der Waals surface area contributed by atoms with Gasteiger partial charge in [0.1, 0.15) is 5.82 Å². The molecule has 4 nitrogen and oxygen atoms in total. The Morgan fingerprint density at radius 3 is 2.90 bits per heavy atom. The number of benzene rings is 2. The van der Waals surface area contributed by atoms with Crippen LogP contribution in [0.2, 0.25) is 5.02 Å². The molecule has 0 fully saturated rings. The van der Waals surface area contributed by atoms with Crippen molar-refractivity contribution in [2.24, 2.45) is 5.73 Å². The maximum atomic E-state index is 14.0. The predicted molar refractivity (Wildman–Crippen MR) is 74.0 cm³/mol. The summed E-state index contributed by atoms with van der Waals surface area (Å²) in [6, 6.07) is 11.2.